The molecule has 1 N–H and O–H groups in total. The molecule has 3 aromatic rings. The standard InChI is InChI=1S/C17H11Cl2NOS/c18-13-6-2-7-14(19)16(13)11-4-1-5-12(10-11)17(21)20-15-8-3-9-22-15/h1-10H,(H,20,21). The minimum Gasteiger partial charge on any atom is -0.314 e. The third kappa shape index (κ3) is 3.17. The molecule has 22 heavy (non-hydrogen) atoms. The van der Waals surface area contributed by atoms with E-state index in [-0.39, 0.29) is 5.91 Å². The van der Waals surface area contributed by atoms with Crippen molar-refractivity contribution in [3.8, 4) is 11.1 Å². The molecular formula is C17H11Cl2NOS. The van der Waals surface area contributed by atoms with E-state index < -0.39 is 0 Å². The van der Waals surface area contributed by atoms with E-state index in [1.165, 1.54) is 11.3 Å². The number of hydrogen-bond acceptors (Lipinski definition) is 2. The summed E-state index contributed by atoms with van der Waals surface area (Å²) in [6.07, 6.45) is 0. The molecule has 1 heterocycles. The average molecular weight is 348 g/mol. The van der Waals surface area contributed by atoms with Crippen molar-refractivity contribution in [2.45, 2.75) is 0 Å². The molecule has 0 unspecified atom stereocenters. The molecule has 0 fully saturated rings. The molecule has 0 aliphatic carbocycles. The van der Waals surface area contributed by atoms with Crippen molar-refractivity contribution < 1.29 is 4.79 Å². The van der Waals surface area contributed by atoms with Gasteiger partial charge in [-0.2, -0.15) is 0 Å². The zero-order valence-corrected chi connectivity index (χ0v) is 13.7. The van der Waals surface area contributed by atoms with Gasteiger partial charge in [0, 0.05) is 21.2 Å². The van der Waals surface area contributed by atoms with Crippen LogP contribution in [0.4, 0.5) is 5.00 Å². The Bertz CT molecular complexity index is 795. The van der Waals surface area contributed by atoms with Crippen molar-refractivity contribution in [2.24, 2.45) is 0 Å². The fourth-order valence-electron chi connectivity index (χ4n) is 2.12. The van der Waals surface area contributed by atoms with Crippen molar-refractivity contribution in [1.82, 2.24) is 0 Å². The summed E-state index contributed by atoms with van der Waals surface area (Å²) in [6, 6.07) is 16.3. The lowest BCUT2D eigenvalue weighted by atomic mass is 10.0. The highest BCUT2D eigenvalue weighted by atomic mass is 35.5. The molecule has 1 aromatic heterocycles. The van der Waals surface area contributed by atoms with E-state index in [1.807, 2.05) is 29.6 Å². The largest absolute Gasteiger partial charge is 0.314 e. The van der Waals surface area contributed by atoms with Crippen LogP contribution in [-0.2, 0) is 0 Å². The molecule has 1 amide bonds. The second kappa shape index (κ2) is 6.53. The zero-order chi connectivity index (χ0) is 15.5. The van der Waals surface area contributed by atoms with Gasteiger partial charge in [-0.25, -0.2) is 0 Å². The lowest BCUT2D eigenvalue weighted by Crippen LogP contribution is -2.10. The lowest BCUT2D eigenvalue weighted by molar-refractivity contribution is 0.102. The molecule has 0 aliphatic rings. The quantitative estimate of drug-likeness (QED) is 0.620. The number of carbonyl (C=O) groups is 1. The maximum absolute atomic E-state index is 12.3. The highest BCUT2D eigenvalue weighted by molar-refractivity contribution is 7.14. The van der Waals surface area contributed by atoms with Crippen LogP contribution in [0.3, 0.4) is 0 Å². The van der Waals surface area contributed by atoms with Crippen molar-refractivity contribution in [2.75, 3.05) is 5.32 Å². The first-order valence-corrected chi connectivity index (χ1v) is 8.18. The van der Waals surface area contributed by atoms with Gasteiger partial charge in [0.2, 0.25) is 0 Å². The summed E-state index contributed by atoms with van der Waals surface area (Å²) in [5, 5.41) is 6.70. The molecule has 0 bridgehead atoms. The van der Waals surface area contributed by atoms with Crippen LogP contribution in [0.5, 0.6) is 0 Å². The molecular weight excluding hydrogens is 337 g/mol. The van der Waals surface area contributed by atoms with Gasteiger partial charge in [-0.3, -0.25) is 4.79 Å². The molecule has 5 heteroatoms. The number of hydrogen-bond donors (Lipinski definition) is 1. The Morgan fingerprint density at radius 2 is 1.68 bits per heavy atom. The van der Waals surface area contributed by atoms with Gasteiger partial charge in [0.05, 0.1) is 5.00 Å². The van der Waals surface area contributed by atoms with Crippen LogP contribution >= 0.6 is 34.5 Å². The molecule has 3 rings (SSSR count). The van der Waals surface area contributed by atoms with E-state index in [9.17, 15) is 4.79 Å². The van der Waals surface area contributed by atoms with Gasteiger partial charge < -0.3 is 5.32 Å². The van der Waals surface area contributed by atoms with E-state index in [1.54, 1.807) is 30.3 Å². The summed E-state index contributed by atoms with van der Waals surface area (Å²) < 4.78 is 0. The average Bonchev–Trinajstić information content (AvgIpc) is 3.00. The summed E-state index contributed by atoms with van der Waals surface area (Å²) in [7, 11) is 0. The van der Waals surface area contributed by atoms with Crippen LogP contribution in [0.1, 0.15) is 10.4 Å². The van der Waals surface area contributed by atoms with Gasteiger partial charge >= 0.3 is 0 Å². The summed E-state index contributed by atoms with van der Waals surface area (Å²) in [5.74, 6) is -0.160. The molecule has 0 spiro atoms. The molecule has 0 saturated carbocycles. The SMILES string of the molecule is O=C(Nc1cccs1)c1cccc(-c2c(Cl)cccc2Cl)c1. The third-order valence-corrected chi connectivity index (χ3v) is 4.55. The molecule has 110 valence electrons. The first-order valence-electron chi connectivity index (χ1n) is 6.54. The molecule has 2 aromatic carbocycles. The number of nitrogens with one attached hydrogen (secondary N) is 1. The maximum atomic E-state index is 12.3. The van der Waals surface area contributed by atoms with Crippen molar-refractivity contribution in [1.29, 1.82) is 0 Å². The number of thiophene rings is 1. The van der Waals surface area contributed by atoms with Gasteiger partial charge in [-0.1, -0.05) is 41.4 Å². The molecule has 2 nitrogen and oxygen atoms in total. The summed E-state index contributed by atoms with van der Waals surface area (Å²) in [5.41, 5.74) is 2.10. The van der Waals surface area contributed by atoms with Crippen molar-refractivity contribution in [3.63, 3.8) is 0 Å². The Morgan fingerprint density at radius 3 is 2.36 bits per heavy atom. The Labute approximate surface area is 142 Å². The van der Waals surface area contributed by atoms with Crippen LogP contribution < -0.4 is 5.32 Å². The Hall–Kier alpha value is -1.81. The third-order valence-electron chi connectivity index (χ3n) is 3.13. The maximum Gasteiger partial charge on any atom is 0.256 e. The van der Waals surface area contributed by atoms with E-state index in [2.05, 4.69) is 5.32 Å². The Kier molecular flexibility index (Phi) is 4.48. The van der Waals surface area contributed by atoms with Crippen molar-refractivity contribution >= 4 is 45.4 Å². The van der Waals surface area contributed by atoms with Crippen LogP contribution in [0.2, 0.25) is 10.0 Å². The normalized spacial score (nSPS) is 10.5. The fourth-order valence-corrected chi connectivity index (χ4v) is 3.35. The van der Waals surface area contributed by atoms with E-state index in [0.29, 0.717) is 15.6 Å². The Balaban J connectivity index is 1.94. The second-order valence-corrected chi connectivity index (χ2v) is 6.37. The number of carbonyl (C=O) groups excluding carboxylic acids is 1. The summed E-state index contributed by atoms with van der Waals surface area (Å²) in [6.45, 7) is 0. The highest BCUT2D eigenvalue weighted by Crippen LogP contribution is 2.34. The lowest BCUT2D eigenvalue weighted by Gasteiger charge is -2.09. The number of amides is 1. The van der Waals surface area contributed by atoms with E-state index >= 15 is 0 Å². The minimum absolute atomic E-state index is 0.160. The number of rotatable bonds is 3. The van der Waals surface area contributed by atoms with Gasteiger partial charge in [-0.15, -0.1) is 11.3 Å². The first kappa shape index (κ1) is 15.1. The van der Waals surface area contributed by atoms with Gasteiger partial charge in [0.15, 0.2) is 0 Å². The topological polar surface area (TPSA) is 29.1 Å². The predicted octanol–water partition coefficient (Wildman–Crippen LogP) is 5.97. The smallest absolute Gasteiger partial charge is 0.256 e. The van der Waals surface area contributed by atoms with Crippen LogP contribution in [0, 0.1) is 0 Å². The van der Waals surface area contributed by atoms with E-state index in [4.69, 9.17) is 23.2 Å². The van der Waals surface area contributed by atoms with Gasteiger partial charge in [0.1, 0.15) is 0 Å². The molecule has 0 atom stereocenters. The zero-order valence-electron chi connectivity index (χ0n) is 11.3. The summed E-state index contributed by atoms with van der Waals surface area (Å²) >= 11 is 13.9. The number of anilines is 1. The summed E-state index contributed by atoms with van der Waals surface area (Å²) in [4.78, 5) is 12.3. The molecule has 0 saturated heterocycles. The highest BCUT2D eigenvalue weighted by Gasteiger charge is 2.12. The van der Waals surface area contributed by atoms with Crippen LogP contribution in [0.25, 0.3) is 11.1 Å². The fraction of sp³-hybridized carbons (Fsp3) is 0. The van der Waals surface area contributed by atoms with Gasteiger partial charge in [-0.05, 0) is 47.3 Å². The molecule has 0 radical (unpaired) electrons. The van der Waals surface area contributed by atoms with Crippen LogP contribution in [-0.4, -0.2) is 5.91 Å². The van der Waals surface area contributed by atoms with Gasteiger partial charge in [0.25, 0.3) is 5.91 Å². The van der Waals surface area contributed by atoms with Crippen molar-refractivity contribution in [3.05, 3.63) is 75.6 Å². The molecule has 0 aliphatic heterocycles. The number of halogens is 2. The monoisotopic (exact) mass is 347 g/mol. The Morgan fingerprint density at radius 1 is 0.955 bits per heavy atom. The minimum atomic E-state index is -0.160. The van der Waals surface area contributed by atoms with Crippen LogP contribution in [0.15, 0.2) is 60.0 Å². The second-order valence-electron chi connectivity index (χ2n) is 4.61. The predicted molar refractivity (Wildman–Crippen MR) is 94.2 cm³/mol. The first-order chi connectivity index (χ1) is 10.6. The number of benzene rings is 2. The van der Waals surface area contributed by atoms with E-state index in [0.717, 1.165) is 16.1 Å².